The van der Waals surface area contributed by atoms with Crippen LogP contribution in [-0.4, -0.2) is 24.9 Å². The van der Waals surface area contributed by atoms with Gasteiger partial charge in [0.05, 0.1) is 5.69 Å². The lowest BCUT2D eigenvalue weighted by molar-refractivity contribution is -0.123. The number of fused-ring (bicyclic) bond motifs is 1. The number of halogens is 1. The molecular weight excluding hydrogens is 359 g/mol. The van der Waals surface area contributed by atoms with E-state index in [1.807, 2.05) is 0 Å². The molecule has 3 rings (SSSR count). The van der Waals surface area contributed by atoms with Crippen molar-refractivity contribution in [3.63, 3.8) is 0 Å². The molecule has 1 aliphatic rings. The van der Waals surface area contributed by atoms with Crippen molar-refractivity contribution in [1.82, 2.24) is 5.32 Å². The highest BCUT2D eigenvalue weighted by molar-refractivity contribution is 6.12. The van der Waals surface area contributed by atoms with Crippen LogP contribution < -0.4 is 15.0 Å². The van der Waals surface area contributed by atoms with Gasteiger partial charge in [-0.05, 0) is 36.6 Å². The van der Waals surface area contributed by atoms with Gasteiger partial charge in [0.2, 0.25) is 5.91 Å². The van der Waals surface area contributed by atoms with E-state index in [2.05, 4.69) is 19.2 Å². The summed E-state index contributed by atoms with van der Waals surface area (Å²) in [6, 6.07) is 13.1. The van der Waals surface area contributed by atoms with Crippen LogP contribution in [-0.2, 0) is 9.59 Å². The van der Waals surface area contributed by atoms with Crippen LogP contribution in [0.3, 0.4) is 0 Å². The molecule has 1 N–H and O–H groups in total. The van der Waals surface area contributed by atoms with Crippen molar-refractivity contribution in [3.8, 4) is 5.75 Å². The standard InChI is InChI=1S/C22H23FN2O3/c1-15(2)11-12-24-21(26)14-25-18-9-5-6-10-19(18)28-20(22(25)27)13-16-7-3-4-8-17(16)23/h3-10,13,15H,11-12,14H2,1-2H3,(H,24,26)/b20-13-. The molecule has 0 atom stereocenters. The van der Waals surface area contributed by atoms with Crippen LogP contribution in [0.2, 0.25) is 0 Å². The molecule has 0 aromatic heterocycles. The molecule has 0 fully saturated rings. The van der Waals surface area contributed by atoms with E-state index in [4.69, 9.17) is 4.74 Å². The Morgan fingerprint density at radius 2 is 1.89 bits per heavy atom. The van der Waals surface area contributed by atoms with Crippen molar-refractivity contribution in [2.24, 2.45) is 5.92 Å². The number of nitrogens with zero attached hydrogens (tertiary/aromatic N) is 1. The summed E-state index contributed by atoms with van der Waals surface area (Å²) in [4.78, 5) is 26.7. The second kappa shape index (κ2) is 8.69. The molecule has 2 aromatic carbocycles. The fourth-order valence-electron chi connectivity index (χ4n) is 2.85. The quantitative estimate of drug-likeness (QED) is 0.774. The van der Waals surface area contributed by atoms with Gasteiger partial charge in [-0.3, -0.25) is 14.5 Å². The summed E-state index contributed by atoms with van der Waals surface area (Å²) in [7, 11) is 0. The smallest absolute Gasteiger partial charge is 0.294 e. The molecule has 0 saturated heterocycles. The van der Waals surface area contributed by atoms with Crippen molar-refractivity contribution in [2.75, 3.05) is 18.0 Å². The Morgan fingerprint density at radius 1 is 1.18 bits per heavy atom. The Kier molecular flexibility index (Phi) is 6.09. The Hall–Kier alpha value is -3.15. The second-order valence-corrected chi connectivity index (χ2v) is 7.02. The molecule has 6 heteroatoms. The number of hydrogen-bond acceptors (Lipinski definition) is 3. The van der Waals surface area contributed by atoms with E-state index in [-0.39, 0.29) is 23.8 Å². The van der Waals surface area contributed by atoms with E-state index in [9.17, 15) is 14.0 Å². The monoisotopic (exact) mass is 382 g/mol. The van der Waals surface area contributed by atoms with Crippen molar-refractivity contribution >= 4 is 23.6 Å². The zero-order valence-corrected chi connectivity index (χ0v) is 15.9. The number of anilines is 1. The van der Waals surface area contributed by atoms with Crippen LogP contribution in [0.4, 0.5) is 10.1 Å². The van der Waals surface area contributed by atoms with Crippen molar-refractivity contribution in [3.05, 3.63) is 65.7 Å². The van der Waals surface area contributed by atoms with Crippen molar-refractivity contribution in [1.29, 1.82) is 0 Å². The summed E-state index contributed by atoms with van der Waals surface area (Å²) in [5.41, 5.74) is 0.753. The average molecular weight is 382 g/mol. The van der Waals surface area contributed by atoms with Crippen molar-refractivity contribution in [2.45, 2.75) is 20.3 Å². The molecular formula is C22H23FN2O3. The third kappa shape index (κ3) is 4.57. The molecule has 146 valence electrons. The molecule has 1 heterocycles. The van der Waals surface area contributed by atoms with Gasteiger partial charge in [-0.2, -0.15) is 0 Å². The normalized spacial score (nSPS) is 14.8. The highest BCUT2D eigenvalue weighted by Gasteiger charge is 2.31. The number of carbonyl (C=O) groups excluding carboxylic acids is 2. The van der Waals surface area contributed by atoms with Crippen molar-refractivity contribution < 1.29 is 18.7 Å². The number of hydrogen-bond donors (Lipinski definition) is 1. The molecule has 2 amide bonds. The first kappa shape index (κ1) is 19.6. The van der Waals surface area contributed by atoms with Crippen LogP contribution >= 0.6 is 0 Å². The molecule has 0 bridgehead atoms. The first-order valence-corrected chi connectivity index (χ1v) is 9.27. The summed E-state index contributed by atoms with van der Waals surface area (Å²) in [6.07, 6.45) is 2.22. The van der Waals surface area contributed by atoms with Gasteiger partial charge in [0.25, 0.3) is 5.91 Å². The molecule has 1 aliphatic heterocycles. The topological polar surface area (TPSA) is 58.6 Å². The zero-order valence-electron chi connectivity index (χ0n) is 15.9. The molecule has 28 heavy (non-hydrogen) atoms. The SMILES string of the molecule is CC(C)CCNC(=O)CN1C(=O)/C(=C/c2ccccc2F)Oc2ccccc21. The van der Waals surface area contributed by atoms with Gasteiger partial charge in [-0.25, -0.2) is 4.39 Å². The first-order chi connectivity index (χ1) is 13.5. The number of para-hydroxylation sites is 2. The van der Waals surface area contributed by atoms with E-state index in [1.165, 1.54) is 17.0 Å². The molecule has 0 saturated carbocycles. The predicted molar refractivity (Wildman–Crippen MR) is 106 cm³/mol. The first-order valence-electron chi connectivity index (χ1n) is 9.27. The second-order valence-electron chi connectivity index (χ2n) is 7.02. The minimum Gasteiger partial charge on any atom is -0.449 e. The maximum Gasteiger partial charge on any atom is 0.294 e. The maximum absolute atomic E-state index is 14.0. The van der Waals surface area contributed by atoms with E-state index < -0.39 is 11.7 Å². The summed E-state index contributed by atoms with van der Waals surface area (Å²) in [5.74, 6) is -0.306. The van der Waals surface area contributed by atoms with Gasteiger partial charge < -0.3 is 10.1 Å². The maximum atomic E-state index is 14.0. The van der Waals surface area contributed by atoms with Crippen LogP contribution in [0.5, 0.6) is 5.75 Å². The lowest BCUT2D eigenvalue weighted by atomic mass is 10.1. The van der Waals surface area contributed by atoms with Gasteiger partial charge in [0.1, 0.15) is 12.4 Å². The molecule has 0 aliphatic carbocycles. The molecule has 5 nitrogen and oxygen atoms in total. The minimum atomic E-state index is -0.485. The fourth-order valence-corrected chi connectivity index (χ4v) is 2.85. The zero-order chi connectivity index (χ0) is 20.1. The van der Waals surface area contributed by atoms with E-state index in [0.717, 1.165) is 6.42 Å². The van der Waals surface area contributed by atoms with Crippen LogP contribution in [0.25, 0.3) is 6.08 Å². The molecule has 0 radical (unpaired) electrons. The highest BCUT2D eigenvalue weighted by Crippen LogP contribution is 2.35. The molecule has 0 unspecified atom stereocenters. The van der Waals surface area contributed by atoms with E-state index >= 15 is 0 Å². The lowest BCUT2D eigenvalue weighted by Crippen LogP contribution is -2.44. The Bertz CT molecular complexity index is 908. The fraction of sp³-hybridized carbons (Fsp3) is 0.273. The molecule has 2 aromatic rings. The van der Waals surface area contributed by atoms with Gasteiger partial charge in [-0.1, -0.05) is 44.2 Å². The van der Waals surface area contributed by atoms with Gasteiger partial charge >= 0.3 is 0 Å². The van der Waals surface area contributed by atoms with E-state index in [0.29, 0.717) is 23.9 Å². The molecule has 0 spiro atoms. The van der Waals surface area contributed by atoms with E-state index in [1.54, 1.807) is 42.5 Å². The number of carbonyl (C=O) groups is 2. The average Bonchev–Trinajstić information content (AvgIpc) is 2.66. The van der Waals surface area contributed by atoms with Gasteiger partial charge in [0.15, 0.2) is 11.5 Å². The third-order valence-corrected chi connectivity index (χ3v) is 4.37. The number of amides is 2. The number of ether oxygens (including phenoxy) is 1. The van der Waals surface area contributed by atoms with Crippen LogP contribution in [0.15, 0.2) is 54.3 Å². The Balaban J connectivity index is 1.85. The summed E-state index contributed by atoms with van der Waals surface area (Å²) < 4.78 is 19.7. The van der Waals surface area contributed by atoms with Gasteiger partial charge in [0, 0.05) is 12.1 Å². The number of rotatable bonds is 6. The number of nitrogens with one attached hydrogen (secondary N) is 1. The largest absolute Gasteiger partial charge is 0.449 e. The summed E-state index contributed by atoms with van der Waals surface area (Å²) >= 11 is 0. The van der Waals surface area contributed by atoms with Crippen LogP contribution in [0.1, 0.15) is 25.8 Å². The predicted octanol–water partition coefficient (Wildman–Crippen LogP) is 3.75. The Morgan fingerprint density at radius 3 is 2.64 bits per heavy atom. The van der Waals surface area contributed by atoms with Gasteiger partial charge in [-0.15, -0.1) is 0 Å². The minimum absolute atomic E-state index is 0.0289. The summed E-state index contributed by atoms with van der Waals surface area (Å²) in [5, 5.41) is 2.83. The summed E-state index contributed by atoms with van der Waals surface area (Å²) in [6.45, 7) is 4.57. The van der Waals surface area contributed by atoms with Crippen LogP contribution in [0, 0.1) is 11.7 Å². The highest BCUT2D eigenvalue weighted by atomic mass is 19.1. The lowest BCUT2D eigenvalue weighted by Gasteiger charge is -2.30. The third-order valence-electron chi connectivity index (χ3n) is 4.37. The Labute approximate surface area is 163 Å². The number of benzene rings is 2.